The Morgan fingerprint density at radius 1 is 1.10 bits per heavy atom. The van der Waals surface area contributed by atoms with Crippen LogP contribution in [0.5, 0.6) is 5.75 Å². The van der Waals surface area contributed by atoms with Gasteiger partial charge in [-0.05, 0) is 61.5 Å². The molecule has 0 aliphatic heterocycles. The second kappa shape index (κ2) is 7.35. The van der Waals surface area contributed by atoms with Crippen LogP contribution in [0.3, 0.4) is 0 Å². The minimum atomic E-state index is -0.362. The fourth-order valence-electron chi connectivity index (χ4n) is 3.27. The van der Waals surface area contributed by atoms with Crippen molar-refractivity contribution in [3.63, 3.8) is 0 Å². The Hall–Kier alpha value is -3.74. The monoisotopic (exact) mass is 390 g/mol. The number of rotatable bonds is 4. The lowest BCUT2D eigenvalue weighted by molar-refractivity contribution is 0.102. The van der Waals surface area contributed by atoms with E-state index in [9.17, 15) is 9.18 Å². The maximum absolute atomic E-state index is 13.2. The second-order valence-electron chi connectivity index (χ2n) is 6.65. The van der Waals surface area contributed by atoms with Crippen LogP contribution in [-0.4, -0.2) is 27.8 Å². The molecule has 0 unspecified atom stereocenters. The van der Waals surface area contributed by atoms with E-state index < -0.39 is 0 Å². The third-order valence-corrected chi connectivity index (χ3v) is 4.70. The highest BCUT2D eigenvalue weighted by molar-refractivity contribution is 6.13. The molecule has 2 heterocycles. The van der Waals surface area contributed by atoms with Gasteiger partial charge in [-0.2, -0.15) is 5.10 Å². The number of methoxy groups -OCH3 is 1. The number of carbonyl (C=O) groups is 1. The van der Waals surface area contributed by atoms with Crippen molar-refractivity contribution >= 4 is 22.6 Å². The maximum atomic E-state index is 13.2. The number of hydrogen-bond donors (Lipinski definition) is 1. The van der Waals surface area contributed by atoms with Crippen LogP contribution in [-0.2, 0) is 7.05 Å². The first-order chi connectivity index (χ1) is 14.0. The van der Waals surface area contributed by atoms with Gasteiger partial charge < -0.3 is 10.1 Å². The first kappa shape index (κ1) is 18.6. The van der Waals surface area contributed by atoms with Crippen LogP contribution in [0.2, 0.25) is 0 Å². The van der Waals surface area contributed by atoms with Gasteiger partial charge in [0.1, 0.15) is 11.6 Å². The lowest BCUT2D eigenvalue weighted by atomic mass is 10.0. The lowest BCUT2D eigenvalue weighted by Crippen LogP contribution is -2.13. The van der Waals surface area contributed by atoms with E-state index in [2.05, 4.69) is 10.4 Å². The van der Waals surface area contributed by atoms with Crippen molar-refractivity contribution in [2.24, 2.45) is 7.05 Å². The molecule has 1 amide bonds. The Balaban J connectivity index is 1.82. The molecule has 2 aromatic carbocycles. The number of ether oxygens (including phenoxy) is 1. The van der Waals surface area contributed by atoms with Crippen molar-refractivity contribution < 1.29 is 13.9 Å². The highest BCUT2D eigenvalue weighted by Gasteiger charge is 2.19. The Labute approximate surface area is 167 Å². The molecule has 0 aliphatic rings. The highest BCUT2D eigenvalue weighted by atomic mass is 19.1. The zero-order valence-electron chi connectivity index (χ0n) is 16.2. The quantitative estimate of drug-likeness (QED) is 0.563. The van der Waals surface area contributed by atoms with Gasteiger partial charge in [-0.15, -0.1) is 0 Å². The zero-order valence-corrected chi connectivity index (χ0v) is 16.2. The molecule has 6 nitrogen and oxygen atoms in total. The van der Waals surface area contributed by atoms with Crippen molar-refractivity contribution in [1.29, 1.82) is 0 Å². The molecule has 29 heavy (non-hydrogen) atoms. The van der Waals surface area contributed by atoms with Gasteiger partial charge in [0.05, 0.1) is 29.4 Å². The third-order valence-electron chi connectivity index (χ3n) is 4.70. The number of anilines is 1. The first-order valence-electron chi connectivity index (χ1n) is 9.02. The molecular weight excluding hydrogens is 371 g/mol. The van der Waals surface area contributed by atoms with Crippen molar-refractivity contribution in [1.82, 2.24) is 14.8 Å². The van der Waals surface area contributed by atoms with E-state index in [0.29, 0.717) is 33.7 Å². The fraction of sp³-hybridized carbons (Fsp3) is 0.136. The van der Waals surface area contributed by atoms with Gasteiger partial charge in [0, 0.05) is 18.3 Å². The molecule has 2 aromatic heterocycles. The SMILES string of the molecule is COc1ccc(-c2cc(C(=O)Nc3ccc(F)cc3)c3c(C)nn(C)c3n2)cc1. The number of benzene rings is 2. The van der Waals surface area contributed by atoms with Crippen molar-refractivity contribution in [3.8, 4) is 17.0 Å². The Bertz CT molecular complexity index is 1200. The van der Waals surface area contributed by atoms with Gasteiger partial charge in [0.2, 0.25) is 0 Å². The predicted octanol–water partition coefficient (Wildman–Crippen LogP) is 4.34. The van der Waals surface area contributed by atoms with Crippen molar-refractivity contribution in [2.45, 2.75) is 6.92 Å². The van der Waals surface area contributed by atoms with Gasteiger partial charge in [0.25, 0.3) is 5.91 Å². The predicted molar refractivity (Wildman–Crippen MR) is 110 cm³/mol. The highest BCUT2D eigenvalue weighted by Crippen LogP contribution is 2.28. The number of nitrogens with one attached hydrogen (secondary N) is 1. The number of pyridine rings is 1. The minimum Gasteiger partial charge on any atom is -0.497 e. The summed E-state index contributed by atoms with van der Waals surface area (Å²) in [5.74, 6) is 0.0644. The smallest absolute Gasteiger partial charge is 0.256 e. The summed E-state index contributed by atoms with van der Waals surface area (Å²) < 4.78 is 20.0. The molecule has 0 saturated carbocycles. The molecule has 1 N–H and O–H groups in total. The Kier molecular flexibility index (Phi) is 4.72. The van der Waals surface area contributed by atoms with Gasteiger partial charge in [0.15, 0.2) is 5.65 Å². The van der Waals surface area contributed by atoms with Crippen LogP contribution in [0.1, 0.15) is 16.1 Å². The van der Waals surface area contributed by atoms with Crippen LogP contribution < -0.4 is 10.1 Å². The Morgan fingerprint density at radius 2 is 1.79 bits per heavy atom. The van der Waals surface area contributed by atoms with E-state index in [4.69, 9.17) is 9.72 Å². The maximum Gasteiger partial charge on any atom is 0.256 e. The number of hydrogen-bond acceptors (Lipinski definition) is 4. The summed E-state index contributed by atoms with van der Waals surface area (Å²) in [6.07, 6.45) is 0. The number of nitrogens with zero attached hydrogens (tertiary/aromatic N) is 3. The summed E-state index contributed by atoms with van der Waals surface area (Å²) in [5, 5.41) is 7.92. The number of fused-ring (bicyclic) bond motifs is 1. The number of halogens is 1. The normalized spacial score (nSPS) is 10.9. The Morgan fingerprint density at radius 3 is 2.45 bits per heavy atom. The fourth-order valence-corrected chi connectivity index (χ4v) is 3.27. The molecule has 4 aromatic rings. The number of amides is 1. The summed E-state index contributed by atoms with van der Waals surface area (Å²) in [6, 6.07) is 14.8. The molecule has 146 valence electrons. The van der Waals surface area contributed by atoms with Gasteiger partial charge in [-0.3, -0.25) is 9.48 Å². The van der Waals surface area contributed by atoms with Crippen LogP contribution >= 0.6 is 0 Å². The number of aromatic nitrogens is 3. The second-order valence-corrected chi connectivity index (χ2v) is 6.65. The van der Waals surface area contributed by atoms with Crippen LogP contribution in [0.25, 0.3) is 22.3 Å². The molecule has 0 saturated heterocycles. The van der Waals surface area contributed by atoms with E-state index in [1.165, 1.54) is 24.3 Å². The van der Waals surface area contributed by atoms with E-state index in [1.54, 1.807) is 24.9 Å². The molecule has 0 aliphatic carbocycles. The average molecular weight is 390 g/mol. The first-order valence-corrected chi connectivity index (χ1v) is 9.02. The minimum absolute atomic E-state index is 0.310. The van der Waals surface area contributed by atoms with Crippen molar-refractivity contribution in [2.75, 3.05) is 12.4 Å². The van der Waals surface area contributed by atoms with Crippen molar-refractivity contribution in [3.05, 3.63) is 71.7 Å². The van der Waals surface area contributed by atoms with E-state index in [-0.39, 0.29) is 11.7 Å². The number of aryl methyl sites for hydroxylation is 2. The standard InChI is InChI=1S/C22H19FN4O2/c1-13-20-18(22(28)24-16-8-6-15(23)7-9-16)12-19(25-21(20)27(2)26-13)14-4-10-17(29-3)11-5-14/h4-12H,1-3H3,(H,24,28). The lowest BCUT2D eigenvalue weighted by Gasteiger charge is -2.10. The van der Waals surface area contributed by atoms with E-state index in [1.807, 2.05) is 31.2 Å². The van der Waals surface area contributed by atoms with Crippen LogP contribution in [0.4, 0.5) is 10.1 Å². The molecular formula is C22H19FN4O2. The summed E-state index contributed by atoms with van der Waals surface area (Å²) in [5.41, 5.74) is 3.78. The number of carbonyl (C=O) groups excluding carboxylic acids is 1. The van der Waals surface area contributed by atoms with Gasteiger partial charge in [-0.25, -0.2) is 9.37 Å². The molecule has 0 spiro atoms. The van der Waals surface area contributed by atoms with Crippen LogP contribution in [0, 0.1) is 12.7 Å². The molecule has 0 fully saturated rings. The van der Waals surface area contributed by atoms with Crippen LogP contribution in [0.15, 0.2) is 54.6 Å². The molecule has 0 radical (unpaired) electrons. The molecule has 0 bridgehead atoms. The van der Waals surface area contributed by atoms with E-state index in [0.717, 1.165) is 11.3 Å². The summed E-state index contributed by atoms with van der Waals surface area (Å²) in [6.45, 7) is 1.84. The zero-order chi connectivity index (χ0) is 20.5. The summed E-state index contributed by atoms with van der Waals surface area (Å²) >= 11 is 0. The topological polar surface area (TPSA) is 69.0 Å². The van der Waals surface area contributed by atoms with Gasteiger partial charge in [-0.1, -0.05) is 0 Å². The molecule has 0 atom stereocenters. The largest absolute Gasteiger partial charge is 0.497 e. The van der Waals surface area contributed by atoms with Gasteiger partial charge >= 0.3 is 0 Å². The average Bonchev–Trinajstić information content (AvgIpc) is 3.02. The third kappa shape index (κ3) is 3.54. The summed E-state index contributed by atoms with van der Waals surface area (Å²) in [7, 11) is 3.40. The molecule has 4 rings (SSSR count). The summed E-state index contributed by atoms with van der Waals surface area (Å²) in [4.78, 5) is 17.8. The molecule has 7 heteroatoms. The van der Waals surface area contributed by atoms with E-state index >= 15 is 0 Å².